The Kier molecular flexibility index (Phi) is 3.94. The van der Waals surface area contributed by atoms with E-state index in [-0.39, 0.29) is 12.1 Å². The van der Waals surface area contributed by atoms with Crippen molar-refractivity contribution in [1.82, 2.24) is 4.90 Å². The lowest BCUT2D eigenvalue weighted by molar-refractivity contribution is 0.0612. The van der Waals surface area contributed by atoms with E-state index >= 15 is 0 Å². The number of aryl methyl sites for hydroxylation is 1. The highest BCUT2D eigenvalue weighted by Gasteiger charge is 2.33. The minimum atomic E-state index is -0.123. The fraction of sp³-hybridized carbons (Fsp3) is 0.312. The minimum Gasteiger partial charge on any atom is -0.383 e. The van der Waals surface area contributed by atoms with Crippen molar-refractivity contribution in [2.24, 2.45) is 0 Å². The minimum absolute atomic E-state index is 0.0548. The van der Waals surface area contributed by atoms with E-state index < -0.39 is 0 Å². The molecule has 2 heterocycles. The highest BCUT2D eigenvalue weighted by molar-refractivity contribution is 7.10. The van der Waals surface area contributed by atoms with Crippen LogP contribution in [0.15, 0.2) is 35.7 Å². The summed E-state index contributed by atoms with van der Waals surface area (Å²) < 4.78 is 5.16. The molecule has 1 aliphatic heterocycles. The lowest BCUT2D eigenvalue weighted by Crippen LogP contribution is -2.44. The third-order valence-electron chi connectivity index (χ3n) is 3.71. The summed E-state index contributed by atoms with van der Waals surface area (Å²) >= 11 is 1.67. The number of ether oxygens (including phenoxy) is 1. The number of hydrogen-bond acceptors (Lipinski definition) is 4. The smallest absolute Gasteiger partial charge is 0.257 e. The van der Waals surface area contributed by atoms with Gasteiger partial charge in [-0.1, -0.05) is 12.1 Å². The summed E-state index contributed by atoms with van der Waals surface area (Å²) in [5.41, 5.74) is 2.82. The first kappa shape index (κ1) is 14.1. The van der Waals surface area contributed by atoms with Crippen LogP contribution in [0.5, 0.6) is 0 Å². The zero-order valence-corrected chi connectivity index (χ0v) is 12.9. The standard InChI is InChI=1S/C16H18N2O2S/c1-11-7-10-21-14(11)15-17-13-6-4-3-5-12(13)16(19)18(15)8-9-20-2/h3-7,10,15,17H,8-9H2,1-2H3/t15-/m1/s1. The number of nitrogens with one attached hydrogen (secondary N) is 1. The first-order valence-corrected chi connectivity index (χ1v) is 7.80. The summed E-state index contributed by atoms with van der Waals surface area (Å²) in [5, 5.41) is 5.55. The fourth-order valence-electron chi connectivity index (χ4n) is 2.58. The normalized spacial score (nSPS) is 17.5. The van der Waals surface area contributed by atoms with Gasteiger partial charge in [0.1, 0.15) is 6.17 Å². The molecule has 0 radical (unpaired) electrons. The van der Waals surface area contributed by atoms with Crippen molar-refractivity contribution in [3.8, 4) is 0 Å². The van der Waals surface area contributed by atoms with Gasteiger partial charge in [0.2, 0.25) is 0 Å². The summed E-state index contributed by atoms with van der Waals surface area (Å²) in [6.07, 6.45) is -0.123. The Morgan fingerprint density at radius 3 is 2.86 bits per heavy atom. The molecule has 0 aliphatic carbocycles. The molecule has 2 aromatic rings. The second-order valence-corrected chi connectivity index (χ2v) is 6.00. The number of para-hydroxylation sites is 1. The maximum absolute atomic E-state index is 12.8. The summed E-state index contributed by atoms with van der Waals surface area (Å²) in [7, 11) is 1.65. The third kappa shape index (κ3) is 2.54. The quantitative estimate of drug-likeness (QED) is 0.942. The van der Waals surface area contributed by atoms with E-state index in [2.05, 4.69) is 23.7 Å². The molecule has 1 N–H and O–H groups in total. The Morgan fingerprint density at radius 1 is 1.33 bits per heavy atom. The number of benzene rings is 1. The molecule has 0 unspecified atom stereocenters. The Bertz CT molecular complexity index is 653. The highest BCUT2D eigenvalue weighted by Crippen LogP contribution is 2.36. The number of nitrogens with zero attached hydrogens (tertiary/aromatic N) is 1. The molecule has 0 saturated carbocycles. The van der Waals surface area contributed by atoms with Gasteiger partial charge in [-0.2, -0.15) is 0 Å². The fourth-order valence-corrected chi connectivity index (χ4v) is 3.57. The molecule has 1 aromatic carbocycles. The maximum Gasteiger partial charge on any atom is 0.257 e. The van der Waals surface area contributed by atoms with Crippen LogP contribution in [0.3, 0.4) is 0 Å². The van der Waals surface area contributed by atoms with Crippen LogP contribution < -0.4 is 5.32 Å². The van der Waals surface area contributed by atoms with Gasteiger partial charge in [-0.15, -0.1) is 11.3 Å². The van der Waals surface area contributed by atoms with Gasteiger partial charge in [0, 0.05) is 19.3 Å². The first-order valence-electron chi connectivity index (χ1n) is 6.92. The molecule has 5 heteroatoms. The number of methoxy groups -OCH3 is 1. The van der Waals surface area contributed by atoms with Crippen LogP contribution in [-0.2, 0) is 4.74 Å². The van der Waals surface area contributed by atoms with Crippen LogP contribution in [0.25, 0.3) is 0 Å². The Balaban J connectivity index is 2.01. The first-order chi connectivity index (χ1) is 10.2. The number of carbonyl (C=O) groups is 1. The van der Waals surface area contributed by atoms with Gasteiger partial charge in [0.05, 0.1) is 17.0 Å². The Labute approximate surface area is 128 Å². The summed E-state index contributed by atoms with van der Waals surface area (Å²) in [5.74, 6) is 0.0548. The number of amides is 1. The SMILES string of the molecule is COCCN1C(=O)c2ccccc2N[C@H]1c1sccc1C. The van der Waals surface area contributed by atoms with Gasteiger partial charge >= 0.3 is 0 Å². The molecule has 0 saturated heterocycles. The third-order valence-corrected chi connectivity index (χ3v) is 4.78. The molecule has 0 spiro atoms. The van der Waals surface area contributed by atoms with Crippen LogP contribution >= 0.6 is 11.3 Å². The average molecular weight is 302 g/mol. The molecular weight excluding hydrogens is 284 g/mol. The van der Waals surface area contributed by atoms with E-state index in [1.807, 2.05) is 29.2 Å². The molecule has 0 fully saturated rings. The number of anilines is 1. The lowest BCUT2D eigenvalue weighted by atomic mass is 10.1. The van der Waals surface area contributed by atoms with E-state index in [4.69, 9.17) is 4.74 Å². The molecule has 1 aromatic heterocycles. The molecule has 1 atom stereocenters. The molecule has 1 aliphatic rings. The number of rotatable bonds is 4. The topological polar surface area (TPSA) is 41.6 Å². The predicted octanol–water partition coefficient (Wildman–Crippen LogP) is 3.27. The Morgan fingerprint density at radius 2 is 2.14 bits per heavy atom. The monoisotopic (exact) mass is 302 g/mol. The van der Waals surface area contributed by atoms with E-state index in [0.717, 1.165) is 11.3 Å². The van der Waals surface area contributed by atoms with Crippen LogP contribution in [0.4, 0.5) is 5.69 Å². The van der Waals surface area contributed by atoms with Crippen molar-refractivity contribution in [3.63, 3.8) is 0 Å². The van der Waals surface area contributed by atoms with Crippen molar-refractivity contribution in [2.45, 2.75) is 13.1 Å². The summed E-state index contributed by atoms with van der Waals surface area (Å²) in [4.78, 5) is 15.8. The van der Waals surface area contributed by atoms with Gasteiger partial charge in [-0.25, -0.2) is 0 Å². The molecule has 3 rings (SSSR count). The number of thiophene rings is 1. The maximum atomic E-state index is 12.8. The van der Waals surface area contributed by atoms with E-state index in [1.54, 1.807) is 18.4 Å². The molecule has 0 bridgehead atoms. The van der Waals surface area contributed by atoms with Gasteiger partial charge in [-0.3, -0.25) is 4.79 Å². The van der Waals surface area contributed by atoms with E-state index in [1.165, 1.54) is 10.4 Å². The zero-order valence-electron chi connectivity index (χ0n) is 12.1. The van der Waals surface area contributed by atoms with Gasteiger partial charge < -0.3 is 15.0 Å². The summed E-state index contributed by atoms with van der Waals surface area (Å²) in [6, 6.07) is 9.74. The van der Waals surface area contributed by atoms with Gasteiger partial charge in [0.15, 0.2) is 0 Å². The highest BCUT2D eigenvalue weighted by atomic mass is 32.1. The van der Waals surface area contributed by atoms with Crippen molar-refractivity contribution in [2.75, 3.05) is 25.6 Å². The predicted molar refractivity (Wildman–Crippen MR) is 84.8 cm³/mol. The molecule has 1 amide bonds. The Hall–Kier alpha value is -1.85. The van der Waals surface area contributed by atoms with Crippen molar-refractivity contribution in [3.05, 3.63) is 51.7 Å². The summed E-state index contributed by atoms with van der Waals surface area (Å²) in [6.45, 7) is 3.17. The zero-order chi connectivity index (χ0) is 14.8. The largest absolute Gasteiger partial charge is 0.383 e. The van der Waals surface area contributed by atoms with Crippen LogP contribution in [-0.4, -0.2) is 31.1 Å². The van der Waals surface area contributed by atoms with E-state index in [0.29, 0.717) is 13.2 Å². The lowest BCUT2D eigenvalue weighted by Gasteiger charge is -2.37. The van der Waals surface area contributed by atoms with Crippen LogP contribution in [0.2, 0.25) is 0 Å². The van der Waals surface area contributed by atoms with Crippen molar-refractivity contribution in [1.29, 1.82) is 0 Å². The van der Waals surface area contributed by atoms with Gasteiger partial charge in [0.25, 0.3) is 5.91 Å². The molecule has 21 heavy (non-hydrogen) atoms. The van der Waals surface area contributed by atoms with Crippen molar-refractivity contribution >= 4 is 22.9 Å². The number of hydrogen-bond donors (Lipinski definition) is 1. The second-order valence-electron chi connectivity index (χ2n) is 5.05. The average Bonchev–Trinajstić information content (AvgIpc) is 2.92. The van der Waals surface area contributed by atoms with Crippen LogP contribution in [0.1, 0.15) is 27.0 Å². The van der Waals surface area contributed by atoms with Crippen LogP contribution in [0, 0.1) is 6.92 Å². The molecular formula is C16H18N2O2S. The van der Waals surface area contributed by atoms with Crippen molar-refractivity contribution < 1.29 is 9.53 Å². The van der Waals surface area contributed by atoms with Gasteiger partial charge in [-0.05, 0) is 36.1 Å². The van der Waals surface area contributed by atoms with E-state index in [9.17, 15) is 4.79 Å². The number of fused-ring (bicyclic) bond motifs is 1. The molecule has 110 valence electrons. The second kappa shape index (κ2) is 5.87. The molecule has 4 nitrogen and oxygen atoms in total. The number of carbonyl (C=O) groups excluding carboxylic acids is 1.